The van der Waals surface area contributed by atoms with Gasteiger partial charge in [-0.2, -0.15) is 0 Å². The van der Waals surface area contributed by atoms with Crippen molar-refractivity contribution in [2.75, 3.05) is 25.6 Å². The van der Waals surface area contributed by atoms with Gasteiger partial charge in [-0.15, -0.1) is 0 Å². The van der Waals surface area contributed by atoms with Crippen LogP contribution in [0, 0.1) is 0 Å². The molecule has 0 unspecified atom stereocenters. The van der Waals surface area contributed by atoms with Crippen molar-refractivity contribution in [1.82, 2.24) is 0 Å². The first-order valence-corrected chi connectivity index (χ1v) is 6.49. The Hall–Kier alpha value is -1.74. The first kappa shape index (κ1) is 13.7. The Morgan fingerprint density at radius 3 is 2.37 bits per heavy atom. The van der Waals surface area contributed by atoms with E-state index < -0.39 is 0 Å². The van der Waals surface area contributed by atoms with E-state index in [4.69, 9.17) is 10.5 Å². The third-order valence-electron chi connectivity index (χ3n) is 3.83. The Bertz CT molecular complexity index is 578. The van der Waals surface area contributed by atoms with Crippen LogP contribution in [0.4, 0.5) is 5.69 Å². The lowest BCUT2D eigenvalue weighted by atomic mass is 10.0. The Morgan fingerprint density at radius 2 is 1.74 bits per heavy atom. The van der Waals surface area contributed by atoms with Crippen molar-refractivity contribution >= 4 is 16.5 Å². The molecule has 3 nitrogen and oxygen atoms in total. The molecule has 3 heteroatoms. The quantitative estimate of drug-likeness (QED) is 0.916. The molecule has 102 valence electrons. The van der Waals surface area contributed by atoms with Crippen molar-refractivity contribution in [3.63, 3.8) is 0 Å². The molecule has 0 aliphatic heterocycles. The van der Waals surface area contributed by atoms with E-state index in [0.29, 0.717) is 6.54 Å². The summed E-state index contributed by atoms with van der Waals surface area (Å²) in [4.78, 5) is 2.22. The predicted molar refractivity (Wildman–Crippen MR) is 82.0 cm³/mol. The molecule has 0 saturated carbocycles. The Labute approximate surface area is 115 Å². The molecule has 2 aromatic carbocycles. The van der Waals surface area contributed by atoms with Gasteiger partial charge < -0.3 is 15.4 Å². The summed E-state index contributed by atoms with van der Waals surface area (Å²) in [6.07, 6.45) is 0. The predicted octanol–water partition coefficient (Wildman–Crippen LogP) is 3.02. The molecular formula is C16H22N2O. The van der Waals surface area contributed by atoms with Gasteiger partial charge in [-0.05, 0) is 48.9 Å². The second-order valence-electron chi connectivity index (χ2n) is 5.47. The minimum absolute atomic E-state index is 0.0554. The van der Waals surface area contributed by atoms with Crippen LogP contribution in [0.15, 0.2) is 36.4 Å². The standard InChI is InChI=1S/C16H22N2O/c1-16(2,11-17)18(3)14-7-5-13-10-15(19-4)8-6-12(13)9-14/h5-10H,11,17H2,1-4H3. The van der Waals surface area contributed by atoms with E-state index in [1.165, 1.54) is 16.5 Å². The molecule has 0 bridgehead atoms. The van der Waals surface area contributed by atoms with Gasteiger partial charge in [0, 0.05) is 24.8 Å². The fourth-order valence-corrected chi connectivity index (χ4v) is 2.03. The molecule has 0 atom stereocenters. The fourth-order valence-electron chi connectivity index (χ4n) is 2.03. The lowest BCUT2D eigenvalue weighted by molar-refractivity contribution is 0.415. The number of nitrogens with two attached hydrogens (primary N) is 1. The van der Waals surface area contributed by atoms with Crippen LogP contribution >= 0.6 is 0 Å². The van der Waals surface area contributed by atoms with Crippen LogP contribution in [0.1, 0.15) is 13.8 Å². The Balaban J connectivity index is 2.42. The SMILES string of the molecule is COc1ccc2cc(N(C)C(C)(C)CN)ccc2c1. The van der Waals surface area contributed by atoms with Crippen molar-refractivity contribution in [1.29, 1.82) is 0 Å². The van der Waals surface area contributed by atoms with E-state index in [9.17, 15) is 0 Å². The smallest absolute Gasteiger partial charge is 0.119 e. The number of rotatable bonds is 4. The van der Waals surface area contributed by atoms with E-state index in [0.717, 1.165) is 5.75 Å². The monoisotopic (exact) mass is 258 g/mol. The van der Waals surface area contributed by atoms with E-state index >= 15 is 0 Å². The molecule has 0 spiro atoms. The third-order valence-corrected chi connectivity index (χ3v) is 3.83. The summed E-state index contributed by atoms with van der Waals surface area (Å²) in [5.74, 6) is 0.885. The second kappa shape index (κ2) is 5.10. The van der Waals surface area contributed by atoms with Gasteiger partial charge in [-0.1, -0.05) is 12.1 Å². The molecular weight excluding hydrogens is 236 g/mol. The van der Waals surface area contributed by atoms with Gasteiger partial charge in [0.2, 0.25) is 0 Å². The van der Waals surface area contributed by atoms with Crippen molar-refractivity contribution < 1.29 is 4.74 Å². The molecule has 0 aliphatic carbocycles. The summed E-state index contributed by atoms with van der Waals surface area (Å²) in [5, 5.41) is 2.39. The number of anilines is 1. The minimum Gasteiger partial charge on any atom is -0.497 e. The van der Waals surface area contributed by atoms with Crippen molar-refractivity contribution in [2.45, 2.75) is 19.4 Å². The van der Waals surface area contributed by atoms with Crippen molar-refractivity contribution in [2.24, 2.45) is 5.73 Å². The van der Waals surface area contributed by atoms with E-state index in [1.54, 1.807) is 7.11 Å². The zero-order chi connectivity index (χ0) is 14.0. The molecule has 2 N–H and O–H groups in total. The van der Waals surface area contributed by atoms with Crippen molar-refractivity contribution in [3.8, 4) is 5.75 Å². The first-order chi connectivity index (χ1) is 8.97. The highest BCUT2D eigenvalue weighted by Gasteiger charge is 2.21. The molecule has 0 fully saturated rings. The fraction of sp³-hybridized carbons (Fsp3) is 0.375. The van der Waals surface area contributed by atoms with Crippen LogP contribution in [0.5, 0.6) is 5.75 Å². The van der Waals surface area contributed by atoms with Crippen LogP contribution < -0.4 is 15.4 Å². The maximum atomic E-state index is 5.84. The van der Waals surface area contributed by atoms with E-state index in [2.05, 4.69) is 50.1 Å². The number of methoxy groups -OCH3 is 1. The average Bonchev–Trinajstić information content (AvgIpc) is 2.45. The van der Waals surface area contributed by atoms with Crippen LogP contribution in [0.2, 0.25) is 0 Å². The maximum absolute atomic E-state index is 5.84. The topological polar surface area (TPSA) is 38.5 Å². The average molecular weight is 258 g/mol. The summed E-state index contributed by atoms with van der Waals surface area (Å²) in [5.41, 5.74) is 6.96. The Morgan fingerprint density at radius 1 is 1.11 bits per heavy atom. The van der Waals surface area contributed by atoms with Gasteiger partial charge in [0.25, 0.3) is 0 Å². The van der Waals surface area contributed by atoms with Gasteiger partial charge in [-0.3, -0.25) is 0 Å². The van der Waals surface area contributed by atoms with Gasteiger partial charge in [0.05, 0.1) is 7.11 Å². The molecule has 0 aromatic heterocycles. The van der Waals surface area contributed by atoms with Crippen LogP contribution in [0.25, 0.3) is 10.8 Å². The van der Waals surface area contributed by atoms with Gasteiger partial charge in [0.1, 0.15) is 5.75 Å². The highest BCUT2D eigenvalue weighted by Crippen LogP contribution is 2.28. The lowest BCUT2D eigenvalue weighted by Crippen LogP contribution is -2.47. The number of fused-ring (bicyclic) bond motifs is 1. The van der Waals surface area contributed by atoms with Gasteiger partial charge in [-0.25, -0.2) is 0 Å². The summed E-state index contributed by atoms with van der Waals surface area (Å²) in [7, 11) is 3.77. The minimum atomic E-state index is -0.0554. The molecule has 2 rings (SSSR count). The van der Waals surface area contributed by atoms with Gasteiger partial charge >= 0.3 is 0 Å². The van der Waals surface area contributed by atoms with Crippen LogP contribution in [-0.4, -0.2) is 26.2 Å². The number of ether oxygens (including phenoxy) is 1. The number of benzene rings is 2. The second-order valence-corrected chi connectivity index (χ2v) is 5.47. The van der Waals surface area contributed by atoms with E-state index in [1.807, 2.05) is 12.1 Å². The highest BCUT2D eigenvalue weighted by atomic mass is 16.5. The normalized spacial score (nSPS) is 11.6. The Kier molecular flexibility index (Phi) is 3.67. The summed E-state index contributed by atoms with van der Waals surface area (Å²) >= 11 is 0. The molecule has 0 radical (unpaired) electrons. The van der Waals surface area contributed by atoms with E-state index in [-0.39, 0.29) is 5.54 Å². The van der Waals surface area contributed by atoms with Crippen molar-refractivity contribution in [3.05, 3.63) is 36.4 Å². The molecule has 19 heavy (non-hydrogen) atoms. The summed E-state index contributed by atoms with van der Waals surface area (Å²) in [6, 6.07) is 12.6. The molecule has 0 amide bonds. The summed E-state index contributed by atoms with van der Waals surface area (Å²) in [6.45, 7) is 4.90. The van der Waals surface area contributed by atoms with Gasteiger partial charge in [0.15, 0.2) is 0 Å². The number of likely N-dealkylation sites (N-methyl/N-ethyl adjacent to an activating group) is 1. The zero-order valence-corrected chi connectivity index (χ0v) is 12.1. The first-order valence-electron chi connectivity index (χ1n) is 6.49. The molecule has 0 saturated heterocycles. The number of hydrogen-bond donors (Lipinski definition) is 1. The third kappa shape index (κ3) is 2.66. The largest absolute Gasteiger partial charge is 0.497 e. The maximum Gasteiger partial charge on any atom is 0.119 e. The number of hydrogen-bond acceptors (Lipinski definition) is 3. The highest BCUT2D eigenvalue weighted by molar-refractivity contribution is 5.87. The molecule has 0 heterocycles. The van der Waals surface area contributed by atoms with Crippen LogP contribution in [0.3, 0.4) is 0 Å². The zero-order valence-electron chi connectivity index (χ0n) is 12.1. The molecule has 0 aliphatic rings. The number of nitrogens with zero attached hydrogens (tertiary/aromatic N) is 1. The molecule has 2 aromatic rings. The summed E-state index contributed by atoms with van der Waals surface area (Å²) < 4.78 is 5.24. The van der Waals surface area contributed by atoms with Crippen LogP contribution in [-0.2, 0) is 0 Å². The lowest BCUT2D eigenvalue weighted by Gasteiger charge is -2.36.